The summed E-state index contributed by atoms with van der Waals surface area (Å²) in [5.41, 5.74) is 9.84. The summed E-state index contributed by atoms with van der Waals surface area (Å²) in [5, 5.41) is 13.7. The van der Waals surface area contributed by atoms with Gasteiger partial charge in [-0.15, -0.1) is 0 Å². The molecular formula is C65H67ClFN5O11. The van der Waals surface area contributed by atoms with Gasteiger partial charge in [0, 0.05) is 33.5 Å². The number of halogens is 2. The van der Waals surface area contributed by atoms with E-state index < -0.39 is 37.1 Å². The van der Waals surface area contributed by atoms with Gasteiger partial charge in [0.15, 0.2) is 0 Å². The van der Waals surface area contributed by atoms with Crippen LogP contribution in [0.15, 0.2) is 213 Å². The summed E-state index contributed by atoms with van der Waals surface area (Å²) in [6.45, 7) is 14.2. The van der Waals surface area contributed by atoms with E-state index in [-0.39, 0.29) is 13.2 Å². The third-order valence-electron chi connectivity index (χ3n) is 10.4. The number of carbonyl (C=O) groups excluding carboxylic acids is 5. The lowest BCUT2D eigenvalue weighted by molar-refractivity contribution is 0.152. The fraction of sp³-hybridized carbons (Fsp3) is 0.154. The van der Waals surface area contributed by atoms with E-state index in [4.69, 9.17) is 35.3 Å². The number of nitrogens with one attached hydrogen (secondary N) is 5. The Balaban J connectivity index is 0.000000224. The minimum absolute atomic E-state index is 0.211. The zero-order chi connectivity index (χ0) is 60.4. The molecule has 0 aromatic heterocycles. The molecule has 0 bridgehead atoms. The second kappa shape index (κ2) is 36.2. The Labute approximate surface area is 488 Å². The molecule has 83 heavy (non-hydrogen) atoms. The average molecular weight is 1150 g/mol. The maximum atomic E-state index is 11.7. The van der Waals surface area contributed by atoms with E-state index in [0.29, 0.717) is 45.1 Å². The molecule has 0 unspecified atom stereocenters. The molecular weight excluding hydrogens is 1080 g/mol. The van der Waals surface area contributed by atoms with Gasteiger partial charge in [0.1, 0.15) is 37.1 Å². The molecule has 18 heteroatoms. The lowest BCUT2D eigenvalue weighted by Gasteiger charge is -2.07. The van der Waals surface area contributed by atoms with E-state index in [1.165, 1.54) is 0 Å². The summed E-state index contributed by atoms with van der Waals surface area (Å²) in [6, 6.07) is 60.3. The van der Waals surface area contributed by atoms with Crippen molar-refractivity contribution in [2.75, 3.05) is 47.0 Å². The monoisotopic (exact) mass is 1150 g/mol. The summed E-state index contributed by atoms with van der Waals surface area (Å²) in [4.78, 5) is 57.0. The van der Waals surface area contributed by atoms with Crippen LogP contribution in [0, 0.1) is 34.6 Å². The molecule has 0 fully saturated rings. The predicted molar refractivity (Wildman–Crippen MR) is 326 cm³/mol. The van der Waals surface area contributed by atoms with Crippen LogP contribution in [-0.2, 0) is 20.8 Å². The van der Waals surface area contributed by atoms with Crippen molar-refractivity contribution in [1.82, 2.24) is 0 Å². The highest BCUT2D eigenvalue weighted by atomic mass is 35.5. The van der Waals surface area contributed by atoms with Gasteiger partial charge in [-0.25, -0.2) is 28.4 Å². The predicted octanol–water partition coefficient (Wildman–Crippen LogP) is 17.2. The quantitative estimate of drug-likeness (QED) is 0.0543. The number of allylic oxidation sites excluding steroid dienone is 1. The summed E-state index contributed by atoms with van der Waals surface area (Å²) in [5.74, 6) is 2.00. The number of methoxy groups -OCH3 is 1. The molecule has 0 saturated carbocycles. The second-order valence-electron chi connectivity index (χ2n) is 17.9. The molecule has 0 aliphatic heterocycles. The van der Waals surface area contributed by atoms with Crippen LogP contribution in [0.5, 0.6) is 17.2 Å². The van der Waals surface area contributed by atoms with E-state index in [9.17, 15) is 28.4 Å². The number of hydrogen-bond donors (Lipinski definition) is 5. The second-order valence-corrected chi connectivity index (χ2v) is 18.3. The van der Waals surface area contributed by atoms with E-state index in [1.54, 1.807) is 86.8 Å². The number of benzene rings is 8. The van der Waals surface area contributed by atoms with Crippen molar-refractivity contribution in [3.8, 4) is 17.2 Å². The van der Waals surface area contributed by atoms with Crippen LogP contribution in [0.2, 0.25) is 5.02 Å². The standard InChI is InChI=1S/C15H15NO3.C15H15NO2.C14H12ClNO2.C11H13NO2.C10H12FNO2/c1-11-4-3-5-12(10-11)16-15(17)19-14-8-6-13(18-2)7-9-14;1-12-6-5-9-14(10-12)16-15(17)18-11-13-7-3-2-4-8-13;1-10-3-2-4-12(9-10)16-14(17)18-13-7-5-11(15)6-8-13;1-8(2)14-11(13)12-10-6-4-5-9(3)7-10;1-8-3-2-4-9(7-8)12-10(13)14-6-5-11/h3-10H,1-2H3,(H,16,17);2-10H,11H2,1H3,(H,16,17);2-9H,1H3,(H,16,17);4-7H,1H2,2-3H3,(H,12,13);2-4,7H,5-6H2,1H3,(H,12,13). The zero-order valence-electron chi connectivity index (χ0n) is 47.1. The molecule has 8 aromatic carbocycles. The Kier molecular flexibility index (Phi) is 28.5. The van der Waals surface area contributed by atoms with Gasteiger partial charge in [0.25, 0.3) is 0 Å². The van der Waals surface area contributed by atoms with Gasteiger partial charge in [-0.2, -0.15) is 0 Å². The lowest BCUT2D eigenvalue weighted by atomic mass is 10.2. The van der Waals surface area contributed by atoms with Crippen molar-refractivity contribution in [2.45, 2.75) is 48.1 Å². The highest BCUT2D eigenvalue weighted by molar-refractivity contribution is 6.30. The van der Waals surface area contributed by atoms with Gasteiger partial charge in [-0.3, -0.25) is 26.6 Å². The summed E-state index contributed by atoms with van der Waals surface area (Å²) < 4.78 is 41.3. The number of rotatable bonds is 13. The molecule has 0 spiro atoms. The van der Waals surface area contributed by atoms with Gasteiger partial charge >= 0.3 is 30.5 Å². The maximum absolute atomic E-state index is 11.7. The van der Waals surface area contributed by atoms with Crippen molar-refractivity contribution in [2.24, 2.45) is 0 Å². The fourth-order valence-corrected chi connectivity index (χ4v) is 6.85. The van der Waals surface area contributed by atoms with E-state index in [0.717, 1.165) is 44.8 Å². The van der Waals surface area contributed by atoms with Gasteiger partial charge in [-0.1, -0.05) is 109 Å². The molecule has 0 radical (unpaired) electrons. The third-order valence-corrected chi connectivity index (χ3v) is 10.7. The number of anilines is 5. The van der Waals surface area contributed by atoms with Crippen LogP contribution in [0.25, 0.3) is 0 Å². The molecule has 8 rings (SSSR count). The number of hydrogen-bond acceptors (Lipinski definition) is 11. The smallest absolute Gasteiger partial charge is 0.417 e. The topological polar surface area (TPSA) is 201 Å². The first-order valence-electron chi connectivity index (χ1n) is 25.7. The molecule has 0 aliphatic carbocycles. The van der Waals surface area contributed by atoms with Crippen molar-refractivity contribution >= 4 is 70.5 Å². The van der Waals surface area contributed by atoms with E-state index in [1.807, 2.05) is 162 Å². The Morgan fingerprint density at radius 3 is 1.12 bits per heavy atom. The van der Waals surface area contributed by atoms with Gasteiger partial charge < -0.3 is 28.4 Å². The largest absolute Gasteiger partial charge is 0.497 e. The number of aryl methyl sites for hydroxylation is 5. The molecule has 8 aromatic rings. The van der Waals surface area contributed by atoms with Crippen LogP contribution >= 0.6 is 11.6 Å². The van der Waals surface area contributed by atoms with E-state index >= 15 is 0 Å². The molecule has 0 aliphatic rings. The average Bonchev–Trinajstić information content (AvgIpc) is 3.44. The zero-order valence-corrected chi connectivity index (χ0v) is 47.9. The fourth-order valence-electron chi connectivity index (χ4n) is 6.73. The maximum Gasteiger partial charge on any atom is 0.417 e. The SMILES string of the molecule is C=C(C)OC(=O)Nc1cccc(C)c1.COc1ccc(OC(=O)Nc2cccc(C)c2)cc1.Cc1cccc(NC(=O)OCCF)c1.Cc1cccc(NC(=O)OCc2ccccc2)c1.Cc1cccc(NC(=O)Oc2ccc(Cl)cc2)c1. The highest BCUT2D eigenvalue weighted by Crippen LogP contribution is 2.20. The first-order valence-corrected chi connectivity index (χ1v) is 26.0. The number of amides is 5. The van der Waals surface area contributed by atoms with Gasteiger partial charge in [-0.05, 0) is 184 Å². The highest BCUT2D eigenvalue weighted by Gasteiger charge is 2.09. The van der Waals surface area contributed by atoms with Gasteiger partial charge in [0.2, 0.25) is 0 Å². The van der Waals surface area contributed by atoms with Crippen LogP contribution in [0.3, 0.4) is 0 Å². The van der Waals surface area contributed by atoms with Crippen molar-refractivity contribution in [1.29, 1.82) is 0 Å². The lowest BCUT2D eigenvalue weighted by Crippen LogP contribution is -2.16. The summed E-state index contributed by atoms with van der Waals surface area (Å²) in [7, 11) is 1.58. The van der Waals surface area contributed by atoms with Crippen LogP contribution in [-0.4, -0.2) is 50.9 Å². The molecule has 0 atom stereocenters. The molecule has 5 N–H and O–H groups in total. The minimum Gasteiger partial charge on any atom is -0.497 e. The Morgan fingerprint density at radius 2 is 0.771 bits per heavy atom. The van der Waals surface area contributed by atoms with Gasteiger partial charge in [0.05, 0.1) is 12.9 Å². The van der Waals surface area contributed by atoms with Crippen LogP contribution in [0.1, 0.15) is 40.3 Å². The Bertz CT molecular complexity index is 3330. The Morgan fingerprint density at radius 1 is 0.434 bits per heavy atom. The number of alkyl halides is 1. The number of ether oxygens (including phenoxy) is 6. The first-order chi connectivity index (χ1) is 39.8. The molecule has 5 amide bonds. The van der Waals surface area contributed by atoms with Crippen molar-refractivity contribution in [3.05, 3.63) is 251 Å². The number of carbonyl (C=O) groups is 5. The summed E-state index contributed by atoms with van der Waals surface area (Å²) in [6.07, 6.45) is -2.63. The summed E-state index contributed by atoms with van der Waals surface area (Å²) >= 11 is 5.74. The van der Waals surface area contributed by atoms with Crippen LogP contribution < -0.4 is 40.8 Å². The third kappa shape index (κ3) is 28.5. The molecule has 0 heterocycles. The Hall–Kier alpha value is -10.1. The van der Waals surface area contributed by atoms with Crippen LogP contribution in [0.4, 0.5) is 56.8 Å². The molecule has 0 saturated heterocycles. The van der Waals surface area contributed by atoms with Crippen molar-refractivity contribution < 1.29 is 56.8 Å². The van der Waals surface area contributed by atoms with Crippen molar-refractivity contribution in [3.63, 3.8) is 0 Å². The molecule has 432 valence electrons. The molecule has 16 nitrogen and oxygen atoms in total. The van der Waals surface area contributed by atoms with E-state index in [2.05, 4.69) is 37.9 Å². The minimum atomic E-state index is -0.665. The normalized spacial score (nSPS) is 9.70. The first kappa shape index (κ1) is 65.4.